The summed E-state index contributed by atoms with van der Waals surface area (Å²) in [5.41, 5.74) is -0.478. The van der Waals surface area contributed by atoms with Gasteiger partial charge in [0.2, 0.25) is 5.88 Å². The Morgan fingerprint density at radius 1 is 1.26 bits per heavy atom. The van der Waals surface area contributed by atoms with E-state index in [-0.39, 0.29) is 0 Å². The van der Waals surface area contributed by atoms with Gasteiger partial charge in [0.25, 0.3) is 5.56 Å². The Hall–Kier alpha value is -1.89. The largest absolute Gasteiger partial charge is 0.492 e. The lowest BCUT2D eigenvalue weighted by atomic mass is 10.2. The molecule has 19 heavy (non-hydrogen) atoms. The highest BCUT2D eigenvalue weighted by Crippen LogP contribution is 2.28. The van der Waals surface area contributed by atoms with Crippen molar-refractivity contribution < 1.29 is 15.0 Å². The molecule has 1 aliphatic rings. The average molecular weight is 280 g/mol. The topological polar surface area (TPSA) is 91.9 Å². The normalized spacial score (nSPS) is 15.2. The van der Waals surface area contributed by atoms with Crippen molar-refractivity contribution in [3.05, 3.63) is 26.5 Å². The van der Waals surface area contributed by atoms with Crippen molar-refractivity contribution in [1.29, 1.82) is 0 Å². The second-order valence-corrected chi connectivity index (χ2v) is 5.63. The van der Waals surface area contributed by atoms with Crippen LogP contribution in [0.1, 0.15) is 40.2 Å². The third kappa shape index (κ3) is 1.81. The van der Waals surface area contributed by atoms with Crippen molar-refractivity contribution in [1.82, 2.24) is 9.38 Å². The summed E-state index contributed by atoms with van der Waals surface area (Å²) in [6, 6.07) is 0. The third-order valence-corrected chi connectivity index (χ3v) is 4.51. The number of carboxylic acid groups (broad SMARTS) is 1. The van der Waals surface area contributed by atoms with E-state index in [0.717, 1.165) is 42.7 Å². The molecule has 100 valence electrons. The molecule has 0 unspecified atom stereocenters. The molecular formula is C12H12N2O4S. The van der Waals surface area contributed by atoms with E-state index in [1.54, 1.807) is 0 Å². The number of thiazole rings is 1. The molecule has 2 N–H and O–H groups in total. The number of aromatic nitrogens is 2. The van der Waals surface area contributed by atoms with Gasteiger partial charge >= 0.3 is 5.97 Å². The maximum Gasteiger partial charge on any atom is 0.346 e. The standard InChI is InChI=1S/C12H12N2O4S/c15-9-8(11(17)18)10(16)14-6-4-2-1-3-5-7(6)19-12(14)13-9/h15H,1-5H2,(H,17,18). The molecule has 0 saturated heterocycles. The van der Waals surface area contributed by atoms with Gasteiger partial charge in [0.15, 0.2) is 10.5 Å². The lowest BCUT2D eigenvalue weighted by Gasteiger charge is -2.02. The van der Waals surface area contributed by atoms with E-state index >= 15 is 0 Å². The molecule has 2 aromatic rings. The number of rotatable bonds is 1. The van der Waals surface area contributed by atoms with Crippen LogP contribution < -0.4 is 5.56 Å². The molecule has 2 aromatic heterocycles. The molecule has 2 heterocycles. The number of hydrogen-bond donors (Lipinski definition) is 2. The number of aromatic hydroxyl groups is 1. The lowest BCUT2D eigenvalue weighted by molar-refractivity contribution is 0.0690. The summed E-state index contributed by atoms with van der Waals surface area (Å²) in [4.78, 5) is 28.6. The quantitative estimate of drug-likeness (QED) is 0.771. The molecule has 1 aliphatic carbocycles. The van der Waals surface area contributed by atoms with Crippen molar-refractivity contribution >= 4 is 22.3 Å². The number of hydrogen-bond acceptors (Lipinski definition) is 5. The minimum absolute atomic E-state index is 0.374. The Labute approximate surface area is 112 Å². The van der Waals surface area contributed by atoms with Crippen LogP contribution in [0.25, 0.3) is 4.96 Å². The second kappa shape index (κ2) is 4.34. The molecule has 6 nitrogen and oxygen atoms in total. The van der Waals surface area contributed by atoms with Gasteiger partial charge in [0, 0.05) is 10.6 Å². The second-order valence-electron chi connectivity index (χ2n) is 4.57. The van der Waals surface area contributed by atoms with E-state index in [4.69, 9.17) is 5.11 Å². The fraction of sp³-hybridized carbons (Fsp3) is 0.417. The number of carboxylic acids is 1. The highest BCUT2D eigenvalue weighted by molar-refractivity contribution is 7.17. The molecule has 0 radical (unpaired) electrons. The zero-order valence-corrected chi connectivity index (χ0v) is 10.9. The number of aryl methyl sites for hydroxylation is 2. The number of nitrogens with zero attached hydrogens (tertiary/aromatic N) is 2. The minimum atomic E-state index is -1.45. The summed E-state index contributed by atoms with van der Waals surface area (Å²) < 4.78 is 1.36. The van der Waals surface area contributed by atoms with Crippen LogP contribution in [0.15, 0.2) is 4.79 Å². The van der Waals surface area contributed by atoms with Crippen LogP contribution in [0.5, 0.6) is 5.88 Å². The van der Waals surface area contributed by atoms with Crippen molar-refractivity contribution in [3.8, 4) is 5.88 Å². The molecule has 0 aromatic carbocycles. The van der Waals surface area contributed by atoms with Crippen molar-refractivity contribution in [2.24, 2.45) is 0 Å². The summed E-state index contributed by atoms with van der Waals surface area (Å²) >= 11 is 1.36. The summed E-state index contributed by atoms with van der Waals surface area (Å²) in [5.74, 6) is -2.15. The van der Waals surface area contributed by atoms with Gasteiger partial charge in [0.1, 0.15) is 0 Å². The van der Waals surface area contributed by atoms with E-state index in [1.165, 1.54) is 15.7 Å². The SMILES string of the molecule is O=C(O)c1c(O)nc2sc3c(n2c1=O)CCCCC3. The summed E-state index contributed by atoms with van der Waals surface area (Å²) in [6.45, 7) is 0. The van der Waals surface area contributed by atoms with E-state index in [2.05, 4.69) is 4.98 Å². The first kappa shape index (κ1) is 12.2. The fourth-order valence-corrected chi connectivity index (χ4v) is 3.67. The van der Waals surface area contributed by atoms with Gasteiger partial charge in [0.05, 0.1) is 0 Å². The third-order valence-electron chi connectivity index (χ3n) is 3.37. The van der Waals surface area contributed by atoms with E-state index in [0.29, 0.717) is 4.96 Å². The molecule has 0 amide bonds. The van der Waals surface area contributed by atoms with Crippen LogP contribution in [0.2, 0.25) is 0 Å². The molecule has 0 spiro atoms. The summed E-state index contributed by atoms with van der Waals surface area (Å²) in [5, 5.41) is 18.6. The summed E-state index contributed by atoms with van der Waals surface area (Å²) in [6.07, 6.45) is 4.78. The zero-order valence-electron chi connectivity index (χ0n) is 10.0. The fourth-order valence-electron chi connectivity index (χ4n) is 2.48. The van der Waals surface area contributed by atoms with Crippen LogP contribution >= 0.6 is 11.3 Å². The number of carbonyl (C=O) groups is 1. The highest BCUT2D eigenvalue weighted by atomic mass is 32.1. The molecule has 0 aliphatic heterocycles. The van der Waals surface area contributed by atoms with Crippen LogP contribution in [0.3, 0.4) is 0 Å². The first-order valence-corrected chi connectivity index (χ1v) is 6.91. The molecule has 7 heteroatoms. The monoisotopic (exact) mass is 280 g/mol. The average Bonchev–Trinajstić information content (AvgIpc) is 2.52. The van der Waals surface area contributed by atoms with E-state index in [1.807, 2.05) is 0 Å². The summed E-state index contributed by atoms with van der Waals surface area (Å²) in [7, 11) is 0. The number of aromatic carboxylic acids is 1. The van der Waals surface area contributed by atoms with Gasteiger partial charge in [-0.25, -0.2) is 4.79 Å². The van der Waals surface area contributed by atoms with Gasteiger partial charge in [-0.3, -0.25) is 9.20 Å². The van der Waals surface area contributed by atoms with Gasteiger partial charge in [-0.1, -0.05) is 6.42 Å². The van der Waals surface area contributed by atoms with Gasteiger partial charge in [-0.2, -0.15) is 4.98 Å². The lowest BCUT2D eigenvalue weighted by Crippen LogP contribution is -2.24. The number of fused-ring (bicyclic) bond motifs is 3. The smallest absolute Gasteiger partial charge is 0.346 e. The van der Waals surface area contributed by atoms with Crippen molar-refractivity contribution in [2.75, 3.05) is 0 Å². The Kier molecular flexibility index (Phi) is 2.78. The van der Waals surface area contributed by atoms with Crippen molar-refractivity contribution in [3.63, 3.8) is 0 Å². The van der Waals surface area contributed by atoms with Crippen LogP contribution in [0, 0.1) is 0 Å². The maximum atomic E-state index is 12.2. The van der Waals surface area contributed by atoms with E-state index < -0.39 is 23.0 Å². The Morgan fingerprint density at radius 3 is 2.74 bits per heavy atom. The van der Waals surface area contributed by atoms with Crippen LogP contribution in [-0.4, -0.2) is 25.6 Å². The molecule has 0 atom stereocenters. The maximum absolute atomic E-state index is 12.2. The Bertz CT molecular complexity index is 731. The highest BCUT2D eigenvalue weighted by Gasteiger charge is 2.24. The molecule has 0 fully saturated rings. The molecule has 0 bridgehead atoms. The van der Waals surface area contributed by atoms with Gasteiger partial charge in [-0.05, 0) is 25.7 Å². The zero-order chi connectivity index (χ0) is 13.6. The first-order valence-electron chi connectivity index (χ1n) is 6.09. The van der Waals surface area contributed by atoms with Crippen LogP contribution in [0.4, 0.5) is 0 Å². The minimum Gasteiger partial charge on any atom is -0.492 e. The first-order chi connectivity index (χ1) is 9.09. The van der Waals surface area contributed by atoms with Crippen molar-refractivity contribution in [2.45, 2.75) is 32.1 Å². The predicted molar refractivity (Wildman–Crippen MR) is 69.2 cm³/mol. The molecule has 3 rings (SSSR count). The van der Waals surface area contributed by atoms with Crippen LogP contribution in [-0.2, 0) is 12.8 Å². The molecule has 0 saturated carbocycles. The predicted octanol–water partition coefficient (Wildman–Crippen LogP) is 1.43. The Morgan fingerprint density at radius 2 is 2.00 bits per heavy atom. The van der Waals surface area contributed by atoms with Gasteiger partial charge < -0.3 is 10.2 Å². The molecular weight excluding hydrogens is 268 g/mol. The Balaban J connectivity index is 2.38. The van der Waals surface area contributed by atoms with Gasteiger partial charge in [-0.15, -0.1) is 11.3 Å². The van der Waals surface area contributed by atoms with E-state index in [9.17, 15) is 14.7 Å².